The molecule has 0 saturated carbocycles. The highest BCUT2D eigenvalue weighted by Gasteiger charge is 2.12. The number of ether oxygens (including phenoxy) is 2. The molecule has 0 unspecified atom stereocenters. The molecule has 0 fully saturated rings. The standard InChI is InChI=1S/C28H26O4/c1-3-5-7-21-9-13-23(14-10-21)27(29)32-26-19-15-24(16-20-26)28(30)31-25-17-11-22(12-18-25)8-6-4-2/h3-4,9-20H,1-2,5-8H2. The zero-order chi connectivity index (χ0) is 22.8. The minimum Gasteiger partial charge on any atom is -0.423 e. The molecule has 0 aromatic heterocycles. The summed E-state index contributed by atoms with van der Waals surface area (Å²) in [6.07, 6.45) is 7.31. The average Bonchev–Trinajstić information content (AvgIpc) is 2.83. The maximum Gasteiger partial charge on any atom is 0.343 e. The Morgan fingerprint density at radius 1 is 0.594 bits per heavy atom. The summed E-state index contributed by atoms with van der Waals surface area (Å²) in [6.45, 7) is 7.43. The normalized spacial score (nSPS) is 10.2. The van der Waals surface area contributed by atoms with E-state index in [2.05, 4.69) is 13.2 Å². The molecular formula is C28H26O4. The Labute approximate surface area is 188 Å². The summed E-state index contributed by atoms with van der Waals surface area (Å²) >= 11 is 0. The number of hydrogen-bond acceptors (Lipinski definition) is 4. The summed E-state index contributed by atoms with van der Waals surface area (Å²) in [5, 5.41) is 0. The van der Waals surface area contributed by atoms with Gasteiger partial charge in [-0.3, -0.25) is 0 Å². The average molecular weight is 427 g/mol. The number of carbonyl (C=O) groups excluding carboxylic acids is 2. The van der Waals surface area contributed by atoms with E-state index in [1.807, 2.05) is 36.4 Å². The van der Waals surface area contributed by atoms with Gasteiger partial charge >= 0.3 is 11.9 Å². The van der Waals surface area contributed by atoms with Gasteiger partial charge in [0.2, 0.25) is 0 Å². The molecule has 32 heavy (non-hydrogen) atoms. The molecule has 0 radical (unpaired) electrons. The third-order valence-electron chi connectivity index (χ3n) is 4.90. The predicted molar refractivity (Wildman–Crippen MR) is 126 cm³/mol. The fourth-order valence-electron chi connectivity index (χ4n) is 3.06. The van der Waals surface area contributed by atoms with Gasteiger partial charge in [-0.05, 0) is 85.3 Å². The van der Waals surface area contributed by atoms with Gasteiger partial charge < -0.3 is 9.47 Å². The van der Waals surface area contributed by atoms with Crippen LogP contribution >= 0.6 is 0 Å². The van der Waals surface area contributed by atoms with E-state index in [0.717, 1.165) is 36.8 Å². The van der Waals surface area contributed by atoms with Crippen molar-refractivity contribution in [2.24, 2.45) is 0 Å². The van der Waals surface area contributed by atoms with Gasteiger partial charge in [0.05, 0.1) is 11.1 Å². The summed E-state index contributed by atoms with van der Waals surface area (Å²) in [6, 6.07) is 21.0. The van der Waals surface area contributed by atoms with E-state index in [9.17, 15) is 9.59 Å². The van der Waals surface area contributed by atoms with Crippen LogP contribution in [0.4, 0.5) is 0 Å². The highest BCUT2D eigenvalue weighted by atomic mass is 16.5. The fourth-order valence-corrected chi connectivity index (χ4v) is 3.06. The van der Waals surface area contributed by atoms with Crippen LogP contribution in [0.5, 0.6) is 11.5 Å². The minimum absolute atomic E-state index is 0.355. The maximum atomic E-state index is 12.4. The van der Waals surface area contributed by atoms with Gasteiger partial charge in [-0.2, -0.15) is 0 Å². The van der Waals surface area contributed by atoms with Crippen molar-refractivity contribution in [3.63, 3.8) is 0 Å². The van der Waals surface area contributed by atoms with Gasteiger partial charge in [-0.1, -0.05) is 36.4 Å². The van der Waals surface area contributed by atoms with Crippen LogP contribution in [-0.4, -0.2) is 11.9 Å². The molecule has 162 valence electrons. The molecule has 0 bridgehead atoms. The largest absolute Gasteiger partial charge is 0.423 e. The zero-order valence-electron chi connectivity index (χ0n) is 18.0. The van der Waals surface area contributed by atoms with Crippen molar-refractivity contribution in [1.29, 1.82) is 0 Å². The molecule has 0 aliphatic rings. The van der Waals surface area contributed by atoms with Crippen LogP contribution in [0.25, 0.3) is 0 Å². The van der Waals surface area contributed by atoms with Crippen molar-refractivity contribution < 1.29 is 19.1 Å². The Kier molecular flexibility index (Phi) is 8.15. The lowest BCUT2D eigenvalue weighted by molar-refractivity contribution is 0.0730. The molecule has 3 rings (SSSR count). The third kappa shape index (κ3) is 6.54. The highest BCUT2D eigenvalue weighted by Crippen LogP contribution is 2.18. The van der Waals surface area contributed by atoms with E-state index in [1.54, 1.807) is 48.5 Å². The Hall–Kier alpha value is -3.92. The first-order chi connectivity index (χ1) is 15.6. The molecule has 3 aromatic carbocycles. The summed E-state index contributed by atoms with van der Waals surface area (Å²) in [5.41, 5.74) is 3.12. The van der Waals surface area contributed by atoms with Gasteiger partial charge in [0, 0.05) is 0 Å². The SMILES string of the molecule is C=CCCc1ccc(OC(=O)c2ccc(OC(=O)c3ccc(CCC=C)cc3)cc2)cc1. The smallest absolute Gasteiger partial charge is 0.343 e. The van der Waals surface area contributed by atoms with Gasteiger partial charge in [0.25, 0.3) is 0 Å². The highest BCUT2D eigenvalue weighted by molar-refractivity contribution is 5.92. The van der Waals surface area contributed by atoms with Crippen LogP contribution in [0.15, 0.2) is 98.1 Å². The van der Waals surface area contributed by atoms with Crippen LogP contribution in [0.2, 0.25) is 0 Å². The van der Waals surface area contributed by atoms with Crippen molar-refractivity contribution in [3.8, 4) is 11.5 Å². The first-order valence-electron chi connectivity index (χ1n) is 10.5. The number of hydrogen-bond donors (Lipinski definition) is 0. The lowest BCUT2D eigenvalue weighted by Gasteiger charge is -2.08. The lowest BCUT2D eigenvalue weighted by Crippen LogP contribution is -2.10. The van der Waals surface area contributed by atoms with E-state index in [-0.39, 0.29) is 0 Å². The molecule has 3 aromatic rings. The molecule has 0 aliphatic heterocycles. The number of aryl methyl sites for hydroxylation is 2. The van der Waals surface area contributed by atoms with E-state index >= 15 is 0 Å². The quantitative estimate of drug-likeness (QED) is 0.215. The molecule has 0 atom stereocenters. The van der Waals surface area contributed by atoms with Crippen molar-refractivity contribution in [3.05, 3.63) is 120 Å². The van der Waals surface area contributed by atoms with E-state index in [0.29, 0.717) is 22.6 Å². The van der Waals surface area contributed by atoms with Gasteiger partial charge in [0.15, 0.2) is 0 Å². The van der Waals surface area contributed by atoms with Gasteiger partial charge in [-0.25, -0.2) is 9.59 Å². The number of rotatable bonds is 10. The number of benzene rings is 3. The Morgan fingerprint density at radius 2 is 0.938 bits per heavy atom. The first kappa shape index (κ1) is 22.8. The predicted octanol–water partition coefficient (Wildman–Crippen LogP) is 6.36. The number of esters is 2. The summed E-state index contributed by atoms with van der Waals surface area (Å²) in [4.78, 5) is 24.7. The third-order valence-corrected chi connectivity index (χ3v) is 4.90. The van der Waals surface area contributed by atoms with Crippen LogP contribution in [0.3, 0.4) is 0 Å². The van der Waals surface area contributed by atoms with E-state index in [1.165, 1.54) is 0 Å². The second kappa shape index (κ2) is 11.5. The summed E-state index contributed by atoms with van der Waals surface area (Å²) in [5.74, 6) is -0.0952. The fraction of sp³-hybridized carbons (Fsp3) is 0.143. The minimum atomic E-state index is -0.475. The topological polar surface area (TPSA) is 52.6 Å². The molecule has 4 heteroatoms. The second-order valence-electron chi connectivity index (χ2n) is 7.30. The monoisotopic (exact) mass is 426 g/mol. The molecule has 0 saturated heterocycles. The Bertz CT molecular complexity index is 1060. The van der Waals surface area contributed by atoms with Crippen molar-refractivity contribution in [1.82, 2.24) is 0 Å². The zero-order valence-corrected chi connectivity index (χ0v) is 18.0. The van der Waals surface area contributed by atoms with Gasteiger partial charge in [-0.15, -0.1) is 13.2 Å². The molecule has 0 spiro atoms. The first-order valence-corrected chi connectivity index (χ1v) is 10.5. The van der Waals surface area contributed by atoms with E-state index < -0.39 is 11.9 Å². The van der Waals surface area contributed by atoms with Crippen LogP contribution < -0.4 is 9.47 Å². The Balaban J connectivity index is 1.55. The van der Waals surface area contributed by atoms with Crippen LogP contribution in [0.1, 0.15) is 44.7 Å². The molecule has 0 heterocycles. The number of carbonyl (C=O) groups is 2. The van der Waals surface area contributed by atoms with Crippen molar-refractivity contribution in [2.75, 3.05) is 0 Å². The van der Waals surface area contributed by atoms with Crippen molar-refractivity contribution in [2.45, 2.75) is 25.7 Å². The second-order valence-corrected chi connectivity index (χ2v) is 7.30. The molecule has 4 nitrogen and oxygen atoms in total. The lowest BCUT2D eigenvalue weighted by atomic mass is 10.1. The molecular weight excluding hydrogens is 400 g/mol. The van der Waals surface area contributed by atoms with E-state index in [4.69, 9.17) is 9.47 Å². The molecule has 0 N–H and O–H groups in total. The van der Waals surface area contributed by atoms with Crippen molar-refractivity contribution >= 4 is 11.9 Å². The molecule has 0 amide bonds. The van der Waals surface area contributed by atoms with Crippen LogP contribution in [-0.2, 0) is 12.8 Å². The maximum absolute atomic E-state index is 12.4. The molecule has 0 aliphatic carbocycles. The number of allylic oxidation sites excluding steroid dienone is 2. The summed E-state index contributed by atoms with van der Waals surface area (Å²) in [7, 11) is 0. The van der Waals surface area contributed by atoms with Crippen LogP contribution in [0, 0.1) is 0 Å². The summed E-state index contributed by atoms with van der Waals surface area (Å²) < 4.78 is 10.8. The van der Waals surface area contributed by atoms with Gasteiger partial charge in [0.1, 0.15) is 11.5 Å². The Morgan fingerprint density at radius 3 is 1.34 bits per heavy atom.